The third-order valence-electron chi connectivity index (χ3n) is 4.51. The van der Waals surface area contributed by atoms with Crippen LogP contribution in [0.5, 0.6) is 0 Å². The highest BCUT2D eigenvalue weighted by Crippen LogP contribution is 2.23. The Labute approximate surface area is 141 Å². The lowest BCUT2D eigenvalue weighted by atomic mass is 9.87. The van der Waals surface area contributed by atoms with Gasteiger partial charge in [-0.05, 0) is 77.3 Å². The van der Waals surface area contributed by atoms with Gasteiger partial charge >= 0.3 is 6.09 Å². The Hall–Kier alpha value is -0.810. The van der Waals surface area contributed by atoms with Crippen molar-refractivity contribution in [2.75, 3.05) is 19.6 Å². The first-order chi connectivity index (χ1) is 10.7. The molecule has 5 nitrogen and oxygen atoms in total. The maximum Gasteiger partial charge on any atom is 0.407 e. The highest BCUT2D eigenvalue weighted by Gasteiger charge is 2.21. The minimum Gasteiger partial charge on any atom is -0.444 e. The summed E-state index contributed by atoms with van der Waals surface area (Å²) in [7, 11) is 0. The van der Waals surface area contributed by atoms with Gasteiger partial charge in [0, 0.05) is 6.54 Å². The molecule has 1 saturated carbocycles. The van der Waals surface area contributed by atoms with E-state index in [0.717, 1.165) is 38.8 Å². The zero-order chi connectivity index (χ0) is 17.5. The van der Waals surface area contributed by atoms with Crippen LogP contribution in [0.3, 0.4) is 0 Å². The average Bonchev–Trinajstić information content (AvgIpc) is 2.42. The first kappa shape index (κ1) is 20.2. The van der Waals surface area contributed by atoms with Gasteiger partial charge in [-0.2, -0.15) is 0 Å². The predicted octanol–water partition coefficient (Wildman–Crippen LogP) is 2.92. The van der Waals surface area contributed by atoms with Crippen molar-refractivity contribution in [2.24, 2.45) is 17.8 Å². The van der Waals surface area contributed by atoms with Crippen LogP contribution in [0.4, 0.5) is 4.79 Å². The van der Waals surface area contributed by atoms with E-state index in [2.05, 4.69) is 24.5 Å². The van der Waals surface area contributed by atoms with Gasteiger partial charge in [0.25, 0.3) is 0 Å². The van der Waals surface area contributed by atoms with Gasteiger partial charge in [0.15, 0.2) is 0 Å². The summed E-state index contributed by atoms with van der Waals surface area (Å²) in [4.78, 5) is 11.8. The predicted molar refractivity (Wildman–Crippen MR) is 93.4 cm³/mol. The second-order valence-electron chi connectivity index (χ2n) is 8.22. The fraction of sp³-hybridized carbons (Fsp3) is 0.944. The molecular weight excluding hydrogens is 292 g/mol. The molecule has 1 unspecified atom stereocenters. The molecule has 1 aliphatic carbocycles. The number of ether oxygens (including phenoxy) is 1. The van der Waals surface area contributed by atoms with Crippen molar-refractivity contribution in [3.05, 3.63) is 0 Å². The smallest absolute Gasteiger partial charge is 0.407 e. The number of alkyl carbamates (subject to hydrolysis) is 1. The van der Waals surface area contributed by atoms with Crippen LogP contribution in [0.2, 0.25) is 0 Å². The Kier molecular flexibility index (Phi) is 8.34. The lowest BCUT2D eigenvalue weighted by molar-refractivity contribution is 0.0514. The van der Waals surface area contributed by atoms with E-state index in [1.54, 1.807) is 0 Å². The summed E-state index contributed by atoms with van der Waals surface area (Å²) in [6, 6.07) is 0. The zero-order valence-corrected chi connectivity index (χ0v) is 15.5. The van der Waals surface area contributed by atoms with Crippen LogP contribution in [-0.2, 0) is 4.74 Å². The zero-order valence-electron chi connectivity index (χ0n) is 15.5. The highest BCUT2D eigenvalue weighted by atomic mass is 16.6. The van der Waals surface area contributed by atoms with Crippen molar-refractivity contribution < 1.29 is 14.6 Å². The maximum atomic E-state index is 11.8. The molecule has 1 aliphatic rings. The number of carbonyl (C=O) groups is 1. The van der Waals surface area contributed by atoms with E-state index >= 15 is 0 Å². The summed E-state index contributed by atoms with van der Waals surface area (Å²) >= 11 is 0. The topological polar surface area (TPSA) is 70.6 Å². The SMILES string of the molecule is CC(C)C(CNCC1CCC(O)CC1)CNC(=O)OC(C)(C)C. The van der Waals surface area contributed by atoms with Crippen LogP contribution in [-0.4, -0.2) is 42.5 Å². The first-order valence-corrected chi connectivity index (χ1v) is 9.03. The standard InChI is InChI=1S/C18H36N2O3/c1-13(2)15(12-20-17(22)23-18(3,4)5)11-19-10-14-6-8-16(21)9-7-14/h13-16,19,21H,6-12H2,1-5H3,(H,20,22). The van der Waals surface area contributed by atoms with E-state index in [1.165, 1.54) is 0 Å². The molecule has 1 rings (SSSR count). The molecule has 1 fully saturated rings. The molecule has 0 bridgehead atoms. The molecule has 0 aromatic rings. The lowest BCUT2D eigenvalue weighted by Crippen LogP contribution is -2.40. The third-order valence-corrected chi connectivity index (χ3v) is 4.51. The summed E-state index contributed by atoms with van der Waals surface area (Å²) in [6.45, 7) is 12.5. The van der Waals surface area contributed by atoms with Crippen LogP contribution in [0.1, 0.15) is 60.3 Å². The van der Waals surface area contributed by atoms with Gasteiger partial charge in [0.2, 0.25) is 0 Å². The molecular formula is C18H36N2O3. The summed E-state index contributed by atoms with van der Waals surface area (Å²) < 4.78 is 5.28. The van der Waals surface area contributed by atoms with Crippen molar-refractivity contribution in [3.8, 4) is 0 Å². The van der Waals surface area contributed by atoms with Crippen molar-refractivity contribution >= 4 is 6.09 Å². The largest absolute Gasteiger partial charge is 0.444 e. The van der Waals surface area contributed by atoms with E-state index in [4.69, 9.17) is 4.74 Å². The molecule has 1 amide bonds. The summed E-state index contributed by atoms with van der Waals surface area (Å²) in [5.74, 6) is 1.55. The molecule has 1 atom stereocenters. The van der Waals surface area contributed by atoms with E-state index in [-0.39, 0.29) is 12.2 Å². The fourth-order valence-electron chi connectivity index (χ4n) is 2.89. The number of nitrogens with one attached hydrogen (secondary N) is 2. The molecule has 136 valence electrons. The number of aliphatic hydroxyl groups excluding tert-OH is 1. The van der Waals surface area contributed by atoms with E-state index in [1.807, 2.05) is 20.8 Å². The number of amides is 1. The molecule has 0 radical (unpaired) electrons. The first-order valence-electron chi connectivity index (χ1n) is 9.03. The number of aliphatic hydroxyl groups is 1. The Bertz CT molecular complexity index is 345. The third kappa shape index (κ3) is 9.16. The van der Waals surface area contributed by atoms with Crippen molar-refractivity contribution in [1.82, 2.24) is 10.6 Å². The quantitative estimate of drug-likeness (QED) is 0.672. The molecule has 0 aromatic heterocycles. The van der Waals surface area contributed by atoms with Crippen LogP contribution in [0.15, 0.2) is 0 Å². The number of hydrogen-bond donors (Lipinski definition) is 3. The maximum absolute atomic E-state index is 11.8. The van der Waals surface area contributed by atoms with Crippen LogP contribution in [0, 0.1) is 17.8 Å². The highest BCUT2D eigenvalue weighted by molar-refractivity contribution is 5.67. The van der Waals surface area contributed by atoms with Gasteiger partial charge in [-0.1, -0.05) is 13.8 Å². The molecule has 0 spiro atoms. The van der Waals surface area contributed by atoms with Crippen LogP contribution >= 0.6 is 0 Å². The van der Waals surface area contributed by atoms with Crippen LogP contribution < -0.4 is 10.6 Å². The van der Waals surface area contributed by atoms with E-state index in [0.29, 0.717) is 24.3 Å². The molecule has 0 aliphatic heterocycles. The molecule has 0 saturated heterocycles. The average molecular weight is 328 g/mol. The Balaban J connectivity index is 2.25. The van der Waals surface area contributed by atoms with Gasteiger partial charge in [-0.25, -0.2) is 4.79 Å². The van der Waals surface area contributed by atoms with Crippen molar-refractivity contribution in [3.63, 3.8) is 0 Å². The molecule has 23 heavy (non-hydrogen) atoms. The molecule has 5 heteroatoms. The molecule has 0 heterocycles. The van der Waals surface area contributed by atoms with Gasteiger partial charge in [0.05, 0.1) is 6.10 Å². The Morgan fingerprint density at radius 3 is 2.30 bits per heavy atom. The van der Waals surface area contributed by atoms with Gasteiger partial charge in [-0.15, -0.1) is 0 Å². The minimum atomic E-state index is -0.457. The summed E-state index contributed by atoms with van der Waals surface area (Å²) in [5, 5.41) is 16.0. The number of rotatable bonds is 7. The summed E-state index contributed by atoms with van der Waals surface area (Å²) in [5.41, 5.74) is -0.457. The van der Waals surface area contributed by atoms with Crippen LogP contribution in [0.25, 0.3) is 0 Å². The van der Waals surface area contributed by atoms with Gasteiger partial charge in [0.1, 0.15) is 5.60 Å². The normalized spacial score (nSPS) is 23.6. The minimum absolute atomic E-state index is 0.0901. The van der Waals surface area contributed by atoms with Crippen molar-refractivity contribution in [2.45, 2.75) is 72.0 Å². The lowest BCUT2D eigenvalue weighted by Gasteiger charge is -2.28. The van der Waals surface area contributed by atoms with Crippen molar-refractivity contribution in [1.29, 1.82) is 0 Å². The molecule has 3 N–H and O–H groups in total. The molecule has 0 aromatic carbocycles. The monoisotopic (exact) mass is 328 g/mol. The van der Waals surface area contributed by atoms with Gasteiger partial charge < -0.3 is 20.5 Å². The second kappa shape index (κ2) is 9.48. The number of carbonyl (C=O) groups excluding carboxylic acids is 1. The Morgan fingerprint density at radius 2 is 1.78 bits per heavy atom. The van der Waals surface area contributed by atoms with E-state index in [9.17, 15) is 9.90 Å². The Morgan fingerprint density at radius 1 is 1.17 bits per heavy atom. The van der Waals surface area contributed by atoms with Gasteiger partial charge in [-0.3, -0.25) is 0 Å². The number of hydrogen-bond acceptors (Lipinski definition) is 4. The fourth-order valence-corrected chi connectivity index (χ4v) is 2.89. The van der Waals surface area contributed by atoms with E-state index < -0.39 is 5.60 Å². The summed E-state index contributed by atoms with van der Waals surface area (Å²) in [6.07, 6.45) is 3.64. The second-order valence-corrected chi connectivity index (χ2v) is 8.22.